The molecule has 2 heterocycles. The predicted octanol–water partition coefficient (Wildman–Crippen LogP) is 7.69. The number of aryl methyl sites for hydroxylation is 1. The number of carbonyl (C=O) groups is 2. The zero-order valence-electron chi connectivity index (χ0n) is 27.2. The summed E-state index contributed by atoms with van der Waals surface area (Å²) in [5.74, 6) is -2.85. The zero-order valence-corrected chi connectivity index (χ0v) is 27.2. The first-order valence-corrected chi connectivity index (χ1v) is 16.0. The fourth-order valence-electron chi connectivity index (χ4n) is 6.92. The van der Waals surface area contributed by atoms with E-state index in [2.05, 4.69) is 20.1 Å². The predicted molar refractivity (Wildman–Crippen MR) is 161 cm³/mol. The second-order valence-electron chi connectivity index (χ2n) is 12.7. The highest BCUT2D eigenvalue weighted by molar-refractivity contribution is 5.97. The highest BCUT2D eigenvalue weighted by Crippen LogP contribution is 2.47. The Morgan fingerprint density at radius 2 is 1.57 bits per heavy atom. The topological polar surface area (TPSA) is 114 Å². The first kappa shape index (κ1) is 37.7. The second kappa shape index (κ2) is 14.2. The molecule has 1 fully saturated rings. The summed E-state index contributed by atoms with van der Waals surface area (Å²) in [7, 11) is 1.37. The molecule has 0 radical (unpaired) electrons. The highest BCUT2D eigenvalue weighted by Gasteiger charge is 2.43. The minimum atomic E-state index is -5.14. The van der Waals surface area contributed by atoms with E-state index in [0.717, 1.165) is 16.9 Å². The maximum atomic E-state index is 14.2. The van der Waals surface area contributed by atoms with Crippen molar-refractivity contribution in [1.82, 2.24) is 20.2 Å². The largest absolute Gasteiger partial charge is 0.573 e. The number of fused-ring (bicyclic) bond motifs is 1. The summed E-state index contributed by atoms with van der Waals surface area (Å²) in [6, 6.07) is 2.64. The molecule has 19 heteroatoms. The van der Waals surface area contributed by atoms with E-state index in [-0.39, 0.29) is 47.9 Å². The summed E-state index contributed by atoms with van der Waals surface area (Å²) in [5, 5.41) is 21.0. The number of anilines is 2. The number of rotatable bonds is 9. The Bertz CT molecular complexity index is 1700. The van der Waals surface area contributed by atoms with Crippen LogP contribution < -0.4 is 14.5 Å². The summed E-state index contributed by atoms with van der Waals surface area (Å²) >= 11 is 0. The number of amides is 1. The van der Waals surface area contributed by atoms with Crippen LogP contribution in [0, 0.1) is 11.8 Å². The lowest BCUT2D eigenvalue weighted by Crippen LogP contribution is -2.50. The van der Waals surface area contributed by atoms with E-state index in [1.807, 2.05) is 0 Å². The van der Waals surface area contributed by atoms with Gasteiger partial charge in [-0.2, -0.15) is 31.1 Å². The monoisotopic (exact) mass is 736 g/mol. The van der Waals surface area contributed by atoms with Crippen LogP contribution in [0.15, 0.2) is 36.4 Å². The molecule has 1 N–H and O–H groups in total. The molecule has 0 saturated heterocycles. The maximum absolute atomic E-state index is 14.2. The minimum Gasteiger partial charge on any atom is -0.481 e. The molecular weight excluding hydrogens is 703 g/mol. The summed E-state index contributed by atoms with van der Waals surface area (Å²) in [5.41, 5.74) is -3.35. The molecule has 1 aliphatic carbocycles. The molecule has 1 aromatic heterocycles. The molecule has 1 saturated carbocycles. The Kier molecular flexibility index (Phi) is 10.5. The molecular formula is C32H33F9N6O4. The molecule has 51 heavy (non-hydrogen) atoms. The van der Waals surface area contributed by atoms with Gasteiger partial charge < -0.3 is 19.6 Å². The highest BCUT2D eigenvalue weighted by atomic mass is 19.4. The second-order valence-corrected chi connectivity index (χ2v) is 12.7. The van der Waals surface area contributed by atoms with Crippen molar-refractivity contribution in [2.24, 2.45) is 18.9 Å². The molecule has 3 aromatic rings. The van der Waals surface area contributed by atoms with Gasteiger partial charge in [-0.3, -0.25) is 9.59 Å². The third-order valence-electron chi connectivity index (χ3n) is 9.21. The summed E-state index contributed by atoms with van der Waals surface area (Å²) in [6.07, 6.45) is -13.5. The van der Waals surface area contributed by atoms with Gasteiger partial charge >= 0.3 is 24.7 Å². The average molecular weight is 737 g/mol. The Labute approximate surface area is 285 Å². The maximum Gasteiger partial charge on any atom is 0.573 e. The Morgan fingerprint density at radius 1 is 0.941 bits per heavy atom. The van der Waals surface area contributed by atoms with Crippen molar-refractivity contribution >= 4 is 23.5 Å². The fraction of sp³-hybridized carbons (Fsp3) is 0.531. The first-order chi connectivity index (χ1) is 23.7. The van der Waals surface area contributed by atoms with Crippen molar-refractivity contribution in [2.45, 2.75) is 89.2 Å². The molecule has 1 unspecified atom stereocenters. The lowest BCUT2D eigenvalue weighted by atomic mass is 9.79. The molecule has 5 rings (SSSR count). The number of alkyl halides is 9. The minimum absolute atomic E-state index is 0.0170. The summed E-state index contributed by atoms with van der Waals surface area (Å²) in [4.78, 5) is 29.1. The van der Waals surface area contributed by atoms with Crippen molar-refractivity contribution in [3.63, 3.8) is 0 Å². The van der Waals surface area contributed by atoms with Crippen molar-refractivity contribution in [3.8, 4) is 5.75 Å². The molecule has 10 nitrogen and oxygen atoms in total. The number of carboxylic acid groups (broad SMARTS) is 1. The van der Waals surface area contributed by atoms with E-state index >= 15 is 0 Å². The number of halogens is 9. The van der Waals surface area contributed by atoms with Crippen LogP contribution in [-0.2, 0) is 35.5 Å². The van der Waals surface area contributed by atoms with Crippen molar-refractivity contribution < 1.29 is 58.9 Å². The number of tetrazole rings is 1. The Morgan fingerprint density at radius 3 is 2.08 bits per heavy atom. The number of hydrogen-bond donors (Lipinski definition) is 1. The van der Waals surface area contributed by atoms with Gasteiger partial charge in [0.05, 0.1) is 24.2 Å². The van der Waals surface area contributed by atoms with Crippen LogP contribution >= 0.6 is 0 Å². The van der Waals surface area contributed by atoms with E-state index < -0.39 is 71.7 Å². The Balaban J connectivity index is 1.61. The van der Waals surface area contributed by atoms with Crippen LogP contribution in [0.3, 0.4) is 0 Å². The molecule has 1 aliphatic heterocycles. The van der Waals surface area contributed by atoms with Gasteiger partial charge in [-0.15, -0.1) is 18.3 Å². The number of carbonyl (C=O) groups excluding carboxylic acids is 1. The SMILES string of the molecule is CC[C@@H]1CC(N(Cc2cc(C(F)(F)F)cc(C(F)(F)F)c2)c2nnn(C)n2)c2cc(OC(F)(F)F)ccc2N1C(=O)C1CCC(CC(=O)O)CC1. The third kappa shape index (κ3) is 8.84. The number of aromatic nitrogens is 4. The number of ether oxygens (including phenoxy) is 1. The molecule has 2 atom stereocenters. The van der Waals surface area contributed by atoms with Gasteiger partial charge in [-0.25, -0.2) is 0 Å². The Hall–Kier alpha value is -4.58. The van der Waals surface area contributed by atoms with E-state index in [4.69, 9.17) is 0 Å². The van der Waals surface area contributed by atoms with E-state index in [9.17, 15) is 54.2 Å². The van der Waals surface area contributed by atoms with Crippen LogP contribution in [0.1, 0.15) is 80.2 Å². The normalized spacial score (nSPS) is 21.3. The molecule has 278 valence electrons. The molecule has 1 amide bonds. The van der Waals surface area contributed by atoms with Crippen molar-refractivity contribution in [3.05, 3.63) is 58.7 Å². The number of hydrogen-bond acceptors (Lipinski definition) is 7. The third-order valence-corrected chi connectivity index (χ3v) is 9.21. The van der Waals surface area contributed by atoms with Gasteiger partial charge in [0, 0.05) is 36.2 Å². The van der Waals surface area contributed by atoms with Gasteiger partial charge in [0.25, 0.3) is 5.95 Å². The van der Waals surface area contributed by atoms with E-state index in [1.54, 1.807) is 6.92 Å². The molecule has 2 aromatic carbocycles. The van der Waals surface area contributed by atoms with Gasteiger partial charge in [0.15, 0.2) is 0 Å². The van der Waals surface area contributed by atoms with E-state index in [1.165, 1.54) is 22.9 Å². The van der Waals surface area contributed by atoms with Gasteiger partial charge in [-0.1, -0.05) is 12.0 Å². The number of benzene rings is 2. The lowest BCUT2D eigenvalue weighted by Gasteiger charge is -2.45. The summed E-state index contributed by atoms with van der Waals surface area (Å²) in [6.45, 7) is 1.09. The zero-order chi connectivity index (χ0) is 37.5. The van der Waals surface area contributed by atoms with Gasteiger partial charge in [0.1, 0.15) is 5.75 Å². The number of aliphatic carboxylic acids is 1. The fourth-order valence-corrected chi connectivity index (χ4v) is 6.92. The standard InChI is InChI=1S/C32H33F9N6O4/c1-3-22-14-26(46(29-42-44-45(2)43-29)16-18-10-20(30(33,34)35)13-21(11-18)31(36,37)38)24-15-23(51-32(39,40)41)8-9-25(24)47(22)28(50)19-6-4-17(5-7-19)12-27(48)49/h8-11,13,15,17,19,22,26H,3-7,12,14,16H2,1-2H3,(H,48,49)/t17?,19?,22-,26?/m1/s1. The van der Waals surface area contributed by atoms with Crippen LogP contribution in [-0.4, -0.2) is 49.6 Å². The molecule has 0 bridgehead atoms. The van der Waals surface area contributed by atoms with E-state index in [0.29, 0.717) is 44.2 Å². The van der Waals surface area contributed by atoms with Gasteiger partial charge in [0.2, 0.25) is 5.91 Å². The smallest absolute Gasteiger partial charge is 0.481 e. The van der Waals surface area contributed by atoms with Crippen molar-refractivity contribution in [2.75, 3.05) is 9.80 Å². The lowest BCUT2D eigenvalue weighted by molar-refractivity contribution is -0.274. The molecule has 0 spiro atoms. The van der Waals surface area contributed by atoms with Crippen LogP contribution in [0.25, 0.3) is 0 Å². The van der Waals surface area contributed by atoms with Crippen LogP contribution in [0.2, 0.25) is 0 Å². The van der Waals surface area contributed by atoms with Crippen molar-refractivity contribution in [1.29, 1.82) is 0 Å². The summed E-state index contributed by atoms with van der Waals surface area (Å²) < 4.78 is 127. The molecule has 2 aliphatic rings. The first-order valence-electron chi connectivity index (χ1n) is 16.0. The number of nitrogens with zero attached hydrogens (tertiary/aromatic N) is 6. The number of carboxylic acids is 1. The van der Waals surface area contributed by atoms with Gasteiger partial charge in [-0.05, 0) is 91.6 Å². The quantitative estimate of drug-likeness (QED) is 0.223. The average Bonchev–Trinajstić information content (AvgIpc) is 3.46. The van der Waals surface area contributed by atoms with Crippen LogP contribution in [0.5, 0.6) is 5.75 Å². The van der Waals surface area contributed by atoms with Crippen LogP contribution in [0.4, 0.5) is 51.1 Å².